The number of hydrogen-bond donors (Lipinski definition) is 2. The highest BCUT2D eigenvalue weighted by Gasteiger charge is 2.29. The summed E-state index contributed by atoms with van der Waals surface area (Å²) >= 11 is 1.76. The molecule has 3 rings (SSSR count). The molecule has 0 aliphatic carbocycles. The number of hydrogen-bond acceptors (Lipinski definition) is 5. The van der Waals surface area contributed by atoms with Crippen molar-refractivity contribution in [2.45, 2.75) is 38.6 Å². The standard InChI is InChI=1S/C17H25N5OS/c1-12(2)15(16-19-11-20-21-16)17(23)18-10-13(14-6-5-9-24-14)22-7-3-4-8-22/h5-6,9,11-13,15H,3-4,7-8,10H2,1-2H3,(H,18,23)(H,19,20,21). The Bertz CT molecular complexity index is 619. The van der Waals surface area contributed by atoms with Gasteiger partial charge in [-0.1, -0.05) is 19.9 Å². The van der Waals surface area contributed by atoms with Crippen molar-refractivity contribution >= 4 is 17.2 Å². The van der Waals surface area contributed by atoms with Crippen molar-refractivity contribution in [3.05, 3.63) is 34.5 Å². The van der Waals surface area contributed by atoms with Gasteiger partial charge in [-0.05, 0) is 43.3 Å². The van der Waals surface area contributed by atoms with Gasteiger partial charge >= 0.3 is 0 Å². The molecule has 1 aliphatic rings. The molecule has 0 aromatic carbocycles. The van der Waals surface area contributed by atoms with Crippen molar-refractivity contribution < 1.29 is 4.79 Å². The van der Waals surface area contributed by atoms with Gasteiger partial charge in [0, 0.05) is 11.4 Å². The summed E-state index contributed by atoms with van der Waals surface area (Å²) in [5, 5.41) is 12.0. The summed E-state index contributed by atoms with van der Waals surface area (Å²) in [6, 6.07) is 4.51. The highest BCUT2D eigenvalue weighted by Crippen LogP contribution is 2.28. The van der Waals surface area contributed by atoms with E-state index in [0.717, 1.165) is 13.1 Å². The molecule has 2 atom stereocenters. The monoisotopic (exact) mass is 347 g/mol. The van der Waals surface area contributed by atoms with E-state index < -0.39 is 0 Å². The Morgan fingerprint density at radius 2 is 2.21 bits per heavy atom. The van der Waals surface area contributed by atoms with Crippen LogP contribution in [-0.2, 0) is 4.79 Å². The molecule has 130 valence electrons. The van der Waals surface area contributed by atoms with Crippen LogP contribution in [0.2, 0.25) is 0 Å². The highest BCUT2D eigenvalue weighted by atomic mass is 32.1. The fourth-order valence-corrected chi connectivity index (χ4v) is 4.22. The molecule has 1 amide bonds. The number of rotatable bonds is 7. The molecule has 2 unspecified atom stereocenters. The predicted octanol–water partition coefficient (Wildman–Crippen LogP) is 2.56. The van der Waals surface area contributed by atoms with Gasteiger partial charge in [0.2, 0.25) is 5.91 Å². The largest absolute Gasteiger partial charge is 0.354 e. The minimum absolute atomic E-state index is 0.0162. The van der Waals surface area contributed by atoms with Crippen molar-refractivity contribution in [1.29, 1.82) is 0 Å². The Kier molecular flexibility index (Phi) is 5.63. The van der Waals surface area contributed by atoms with Crippen molar-refractivity contribution in [1.82, 2.24) is 25.4 Å². The van der Waals surface area contributed by atoms with Crippen molar-refractivity contribution in [2.24, 2.45) is 5.92 Å². The Morgan fingerprint density at radius 1 is 1.42 bits per heavy atom. The second-order valence-electron chi connectivity index (χ2n) is 6.61. The van der Waals surface area contributed by atoms with E-state index in [-0.39, 0.29) is 23.8 Å². The summed E-state index contributed by atoms with van der Waals surface area (Å²) in [6.45, 7) is 6.91. The Morgan fingerprint density at radius 3 is 2.79 bits per heavy atom. The third-order valence-corrected chi connectivity index (χ3v) is 5.57. The lowest BCUT2D eigenvalue weighted by Gasteiger charge is -2.28. The number of thiophene rings is 1. The van der Waals surface area contributed by atoms with E-state index >= 15 is 0 Å². The number of likely N-dealkylation sites (tertiary alicyclic amines) is 1. The van der Waals surface area contributed by atoms with Gasteiger partial charge in [-0.2, -0.15) is 5.10 Å². The van der Waals surface area contributed by atoms with Gasteiger partial charge < -0.3 is 5.32 Å². The molecule has 0 radical (unpaired) electrons. The molecular formula is C17H25N5OS. The highest BCUT2D eigenvalue weighted by molar-refractivity contribution is 7.10. The van der Waals surface area contributed by atoms with Crippen LogP contribution in [0.5, 0.6) is 0 Å². The van der Waals surface area contributed by atoms with E-state index in [0.29, 0.717) is 12.4 Å². The molecule has 3 heterocycles. The lowest BCUT2D eigenvalue weighted by molar-refractivity contribution is -0.123. The maximum Gasteiger partial charge on any atom is 0.231 e. The first-order valence-electron chi connectivity index (χ1n) is 8.57. The van der Waals surface area contributed by atoms with E-state index in [1.54, 1.807) is 11.3 Å². The molecule has 0 saturated carbocycles. The van der Waals surface area contributed by atoms with Crippen LogP contribution in [0, 0.1) is 5.92 Å². The van der Waals surface area contributed by atoms with Crippen LogP contribution in [0.15, 0.2) is 23.8 Å². The lowest BCUT2D eigenvalue weighted by atomic mass is 9.94. The SMILES string of the molecule is CC(C)C(C(=O)NCC(c1cccs1)N1CCCC1)c1ncn[nH]1. The van der Waals surface area contributed by atoms with Crippen LogP contribution in [0.3, 0.4) is 0 Å². The van der Waals surface area contributed by atoms with E-state index in [1.165, 1.54) is 24.0 Å². The first-order valence-corrected chi connectivity index (χ1v) is 9.45. The fourth-order valence-electron chi connectivity index (χ4n) is 3.36. The number of carbonyl (C=O) groups excluding carboxylic acids is 1. The second kappa shape index (κ2) is 7.90. The first kappa shape index (κ1) is 17.1. The van der Waals surface area contributed by atoms with Gasteiger partial charge in [-0.15, -0.1) is 11.3 Å². The third-order valence-electron chi connectivity index (χ3n) is 4.60. The predicted molar refractivity (Wildman–Crippen MR) is 94.8 cm³/mol. The van der Waals surface area contributed by atoms with Gasteiger partial charge in [0.1, 0.15) is 12.2 Å². The molecule has 2 aromatic rings. The number of nitrogens with one attached hydrogen (secondary N) is 2. The fraction of sp³-hybridized carbons (Fsp3) is 0.588. The van der Waals surface area contributed by atoms with Crippen LogP contribution >= 0.6 is 11.3 Å². The first-order chi connectivity index (χ1) is 11.7. The molecule has 1 aliphatic heterocycles. The zero-order valence-electron chi connectivity index (χ0n) is 14.2. The maximum atomic E-state index is 12.8. The van der Waals surface area contributed by atoms with E-state index in [9.17, 15) is 4.79 Å². The molecule has 24 heavy (non-hydrogen) atoms. The molecule has 2 aromatic heterocycles. The normalized spacial score (nSPS) is 18.0. The zero-order chi connectivity index (χ0) is 16.9. The average Bonchev–Trinajstić information content (AvgIpc) is 3.31. The second-order valence-corrected chi connectivity index (χ2v) is 7.59. The summed E-state index contributed by atoms with van der Waals surface area (Å²) in [7, 11) is 0. The van der Waals surface area contributed by atoms with Crippen LogP contribution in [0.1, 0.15) is 49.4 Å². The van der Waals surface area contributed by atoms with E-state index in [1.807, 2.05) is 13.8 Å². The molecule has 1 fully saturated rings. The quantitative estimate of drug-likeness (QED) is 0.807. The summed E-state index contributed by atoms with van der Waals surface area (Å²) in [5.74, 6) is 0.513. The summed E-state index contributed by atoms with van der Waals surface area (Å²) in [6.07, 6.45) is 3.93. The van der Waals surface area contributed by atoms with Gasteiger partial charge in [-0.3, -0.25) is 14.8 Å². The van der Waals surface area contributed by atoms with Crippen molar-refractivity contribution in [2.75, 3.05) is 19.6 Å². The number of amides is 1. The lowest BCUT2D eigenvalue weighted by Crippen LogP contribution is -2.39. The van der Waals surface area contributed by atoms with E-state index in [2.05, 4.69) is 42.9 Å². The van der Waals surface area contributed by atoms with Crippen LogP contribution in [0.25, 0.3) is 0 Å². The summed E-state index contributed by atoms with van der Waals surface area (Å²) < 4.78 is 0. The molecule has 6 nitrogen and oxygen atoms in total. The zero-order valence-corrected chi connectivity index (χ0v) is 15.1. The molecule has 0 bridgehead atoms. The molecule has 2 N–H and O–H groups in total. The number of aromatic nitrogens is 3. The third kappa shape index (κ3) is 3.84. The smallest absolute Gasteiger partial charge is 0.231 e. The topological polar surface area (TPSA) is 73.9 Å². The number of carbonyl (C=O) groups is 1. The average molecular weight is 347 g/mol. The molecule has 1 saturated heterocycles. The van der Waals surface area contributed by atoms with Crippen molar-refractivity contribution in [3.63, 3.8) is 0 Å². The summed E-state index contributed by atoms with van der Waals surface area (Å²) in [5.41, 5.74) is 0. The minimum atomic E-state index is -0.296. The Hall–Kier alpha value is -1.73. The number of nitrogens with zero attached hydrogens (tertiary/aromatic N) is 3. The van der Waals surface area contributed by atoms with Gasteiger partial charge in [0.25, 0.3) is 0 Å². The van der Waals surface area contributed by atoms with Crippen molar-refractivity contribution in [3.8, 4) is 0 Å². The molecular weight excluding hydrogens is 322 g/mol. The van der Waals surface area contributed by atoms with Gasteiger partial charge in [-0.25, -0.2) is 4.98 Å². The van der Waals surface area contributed by atoms with E-state index in [4.69, 9.17) is 0 Å². The van der Waals surface area contributed by atoms with Crippen LogP contribution in [-0.4, -0.2) is 45.6 Å². The van der Waals surface area contributed by atoms with Gasteiger partial charge in [0.05, 0.1) is 12.0 Å². The minimum Gasteiger partial charge on any atom is -0.354 e. The van der Waals surface area contributed by atoms with Crippen LogP contribution in [0.4, 0.5) is 0 Å². The van der Waals surface area contributed by atoms with Crippen LogP contribution < -0.4 is 5.32 Å². The maximum absolute atomic E-state index is 12.8. The Labute approximate surface area is 146 Å². The number of H-pyrrole nitrogens is 1. The molecule has 7 heteroatoms. The summed E-state index contributed by atoms with van der Waals surface area (Å²) in [4.78, 5) is 20.7. The number of aromatic amines is 1. The Balaban J connectivity index is 1.68. The molecule has 0 spiro atoms. The van der Waals surface area contributed by atoms with Gasteiger partial charge in [0.15, 0.2) is 0 Å².